The van der Waals surface area contributed by atoms with Crippen LogP contribution in [0.5, 0.6) is 5.75 Å². The zero-order valence-electron chi connectivity index (χ0n) is 21.0. The summed E-state index contributed by atoms with van der Waals surface area (Å²) in [5.41, 5.74) is 1.19. The van der Waals surface area contributed by atoms with Gasteiger partial charge in [-0.05, 0) is 60.5 Å². The van der Waals surface area contributed by atoms with Gasteiger partial charge < -0.3 is 19.3 Å². The van der Waals surface area contributed by atoms with Gasteiger partial charge in [0.1, 0.15) is 23.8 Å². The second-order valence-corrected chi connectivity index (χ2v) is 9.78. The molecule has 194 valence electrons. The summed E-state index contributed by atoms with van der Waals surface area (Å²) in [6, 6.07) is 20.5. The van der Waals surface area contributed by atoms with Gasteiger partial charge in [-0.2, -0.15) is 0 Å². The van der Waals surface area contributed by atoms with Gasteiger partial charge in [0, 0.05) is 30.7 Å². The smallest absolute Gasteiger partial charge is 0.254 e. The van der Waals surface area contributed by atoms with Crippen molar-refractivity contribution in [2.75, 3.05) is 33.4 Å². The van der Waals surface area contributed by atoms with E-state index in [1.54, 1.807) is 29.0 Å². The summed E-state index contributed by atoms with van der Waals surface area (Å²) < 4.78 is 25.7. The molecule has 0 aliphatic carbocycles. The van der Waals surface area contributed by atoms with Gasteiger partial charge in [-0.25, -0.2) is 4.39 Å². The number of morpholine rings is 1. The number of hydrogen-bond acceptors (Lipinski definition) is 4. The summed E-state index contributed by atoms with van der Waals surface area (Å²) in [7, 11) is 1.75. The van der Waals surface area contributed by atoms with Crippen molar-refractivity contribution in [3.63, 3.8) is 0 Å². The Bertz CT molecular complexity index is 1240. The number of amides is 2. The Kier molecular flexibility index (Phi) is 8.46. The average Bonchev–Trinajstić information content (AvgIpc) is 2.90. The molecule has 1 heterocycles. The minimum atomic E-state index is -1.07. The molecule has 1 unspecified atom stereocenters. The van der Waals surface area contributed by atoms with Crippen molar-refractivity contribution >= 4 is 23.4 Å². The molecule has 4 rings (SSSR count). The highest BCUT2D eigenvalue weighted by molar-refractivity contribution is 6.31. The molecular weight excluding hydrogens is 495 g/mol. The van der Waals surface area contributed by atoms with E-state index in [1.807, 2.05) is 43.3 Å². The van der Waals surface area contributed by atoms with Crippen LogP contribution in [0.15, 0.2) is 72.8 Å². The molecule has 37 heavy (non-hydrogen) atoms. The molecule has 0 spiro atoms. The van der Waals surface area contributed by atoms with E-state index < -0.39 is 11.4 Å². The van der Waals surface area contributed by atoms with Gasteiger partial charge in [0.25, 0.3) is 5.91 Å². The fourth-order valence-electron chi connectivity index (χ4n) is 4.32. The number of aryl methyl sites for hydroxylation is 1. The molecular formula is C29H30ClFN2O4. The molecule has 0 radical (unpaired) electrons. The predicted octanol–water partition coefficient (Wildman–Crippen LogP) is 5.13. The first-order valence-corrected chi connectivity index (χ1v) is 12.5. The number of rotatable bonds is 8. The Morgan fingerprint density at radius 2 is 1.84 bits per heavy atom. The van der Waals surface area contributed by atoms with E-state index in [0.717, 1.165) is 11.1 Å². The lowest BCUT2D eigenvalue weighted by Gasteiger charge is -2.42. The molecule has 2 amide bonds. The van der Waals surface area contributed by atoms with Gasteiger partial charge in [0.05, 0.1) is 19.6 Å². The van der Waals surface area contributed by atoms with E-state index in [0.29, 0.717) is 29.4 Å². The summed E-state index contributed by atoms with van der Waals surface area (Å²) in [4.78, 5) is 29.8. The van der Waals surface area contributed by atoms with Crippen molar-refractivity contribution in [2.24, 2.45) is 0 Å². The topological polar surface area (TPSA) is 59.1 Å². The zero-order valence-corrected chi connectivity index (χ0v) is 21.7. The maximum absolute atomic E-state index is 13.4. The maximum atomic E-state index is 13.4. The van der Waals surface area contributed by atoms with E-state index in [4.69, 9.17) is 21.1 Å². The Balaban J connectivity index is 1.54. The summed E-state index contributed by atoms with van der Waals surface area (Å²) in [6.07, 6.45) is 0.0239. The first-order chi connectivity index (χ1) is 17.7. The third kappa shape index (κ3) is 6.87. The zero-order chi connectivity index (χ0) is 26.4. The van der Waals surface area contributed by atoms with Crippen LogP contribution in [-0.4, -0.2) is 60.6 Å². The SMILES string of the molecule is Cc1cc(OCC2(CC(=O)N(C)Cc3ccccc3)CN(C(=O)c3ccc(F)cc3)CCO2)ccc1Cl. The monoisotopic (exact) mass is 524 g/mol. The van der Waals surface area contributed by atoms with Crippen LogP contribution < -0.4 is 4.74 Å². The van der Waals surface area contributed by atoms with Gasteiger partial charge in [-0.1, -0.05) is 41.9 Å². The highest BCUT2D eigenvalue weighted by Crippen LogP contribution is 2.28. The Morgan fingerprint density at radius 3 is 2.54 bits per heavy atom. The molecule has 0 aromatic heterocycles. The van der Waals surface area contributed by atoms with Gasteiger partial charge in [0.2, 0.25) is 5.91 Å². The van der Waals surface area contributed by atoms with Crippen LogP contribution in [0, 0.1) is 12.7 Å². The largest absolute Gasteiger partial charge is 0.490 e. The van der Waals surface area contributed by atoms with Crippen LogP contribution in [0.3, 0.4) is 0 Å². The normalized spacial score (nSPS) is 17.4. The lowest BCUT2D eigenvalue weighted by Crippen LogP contribution is -2.58. The summed E-state index contributed by atoms with van der Waals surface area (Å²) in [5, 5.41) is 0.629. The lowest BCUT2D eigenvalue weighted by molar-refractivity contribution is -0.152. The molecule has 3 aromatic carbocycles. The van der Waals surface area contributed by atoms with Crippen LogP contribution in [0.25, 0.3) is 0 Å². The molecule has 8 heteroatoms. The molecule has 0 bridgehead atoms. The number of hydrogen-bond donors (Lipinski definition) is 0. The quantitative estimate of drug-likeness (QED) is 0.410. The minimum absolute atomic E-state index is 0.0239. The molecule has 1 aliphatic rings. The minimum Gasteiger partial charge on any atom is -0.490 e. The second kappa shape index (κ2) is 11.8. The van der Waals surface area contributed by atoms with Crippen molar-refractivity contribution in [3.8, 4) is 5.75 Å². The van der Waals surface area contributed by atoms with Gasteiger partial charge >= 0.3 is 0 Å². The number of ether oxygens (including phenoxy) is 2. The second-order valence-electron chi connectivity index (χ2n) is 9.38. The number of benzene rings is 3. The Morgan fingerprint density at radius 1 is 1.11 bits per heavy atom. The van der Waals surface area contributed by atoms with Crippen molar-refractivity contribution in [1.82, 2.24) is 9.80 Å². The lowest BCUT2D eigenvalue weighted by atomic mass is 9.96. The highest BCUT2D eigenvalue weighted by Gasteiger charge is 2.42. The Labute approximate surface area is 221 Å². The van der Waals surface area contributed by atoms with Crippen molar-refractivity contribution in [2.45, 2.75) is 25.5 Å². The van der Waals surface area contributed by atoms with E-state index >= 15 is 0 Å². The van der Waals surface area contributed by atoms with E-state index in [9.17, 15) is 14.0 Å². The summed E-state index contributed by atoms with van der Waals surface area (Å²) >= 11 is 6.15. The van der Waals surface area contributed by atoms with Crippen molar-refractivity contribution in [3.05, 3.63) is 100 Å². The maximum Gasteiger partial charge on any atom is 0.254 e. The van der Waals surface area contributed by atoms with Crippen LogP contribution in [0.1, 0.15) is 27.9 Å². The van der Waals surface area contributed by atoms with Crippen LogP contribution in [-0.2, 0) is 16.1 Å². The average molecular weight is 525 g/mol. The third-order valence-electron chi connectivity index (χ3n) is 6.42. The van der Waals surface area contributed by atoms with Gasteiger partial charge in [-0.15, -0.1) is 0 Å². The molecule has 0 saturated carbocycles. The highest BCUT2D eigenvalue weighted by atomic mass is 35.5. The fraction of sp³-hybridized carbons (Fsp3) is 0.310. The van der Waals surface area contributed by atoms with E-state index in [-0.39, 0.29) is 38.0 Å². The van der Waals surface area contributed by atoms with Gasteiger partial charge in [-0.3, -0.25) is 9.59 Å². The first-order valence-electron chi connectivity index (χ1n) is 12.1. The molecule has 3 aromatic rings. The summed E-state index contributed by atoms with van der Waals surface area (Å²) in [6.45, 7) is 3.14. The molecule has 1 aliphatic heterocycles. The number of carbonyl (C=O) groups excluding carboxylic acids is 2. The van der Waals surface area contributed by atoms with E-state index in [2.05, 4.69) is 0 Å². The van der Waals surface area contributed by atoms with Crippen LogP contribution >= 0.6 is 11.6 Å². The number of carbonyl (C=O) groups is 2. The molecule has 1 saturated heterocycles. The predicted molar refractivity (Wildman–Crippen MR) is 140 cm³/mol. The standard InChI is InChI=1S/C29H30ClFN2O4/c1-21-16-25(12-13-26(21)30)36-20-29(17-27(34)32(2)18-22-6-4-3-5-7-22)19-33(14-15-37-29)28(35)23-8-10-24(31)11-9-23/h3-13,16H,14-15,17-20H2,1-2H3. The van der Waals surface area contributed by atoms with Crippen LogP contribution in [0.2, 0.25) is 5.02 Å². The van der Waals surface area contributed by atoms with Crippen molar-refractivity contribution in [1.29, 1.82) is 0 Å². The molecule has 0 N–H and O–H groups in total. The molecule has 1 atom stereocenters. The fourth-order valence-corrected chi connectivity index (χ4v) is 4.43. The number of nitrogens with zero attached hydrogens (tertiary/aromatic N) is 2. The number of halogens is 2. The third-order valence-corrected chi connectivity index (χ3v) is 6.84. The molecule has 1 fully saturated rings. The molecule has 6 nitrogen and oxygen atoms in total. The van der Waals surface area contributed by atoms with E-state index in [1.165, 1.54) is 24.3 Å². The van der Waals surface area contributed by atoms with Crippen LogP contribution in [0.4, 0.5) is 4.39 Å². The Hall–Kier alpha value is -3.42. The first kappa shape index (κ1) is 26.6. The van der Waals surface area contributed by atoms with Gasteiger partial charge in [0.15, 0.2) is 0 Å². The summed E-state index contributed by atoms with van der Waals surface area (Å²) in [5.74, 6) is -0.195. The van der Waals surface area contributed by atoms with Crippen molar-refractivity contribution < 1.29 is 23.5 Å².